The van der Waals surface area contributed by atoms with Gasteiger partial charge in [0, 0.05) is 0 Å². The molecule has 1 atom stereocenters. The zero-order valence-electron chi connectivity index (χ0n) is 22.8. The summed E-state index contributed by atoms with van der Waals surface area (Å²) in [6.45, 7) is 8.97. The fraction of sp³-hybridized carbons (Fsp3) is 0.333. The molecule has 5 rings (SSSR count). The van der Waals surface area contributed by atoms with E-state index in [4.69, 9.17) is 0 Å². The van der Waals surface area contributed by atoms with E-state index >= 15 is 0 Å². The Morgan fingerprint density at radius 1 is 0.919 bits per heavy atom. The molecule has 2 aliphatic carbocycles. The van der Waals surface area contributed by atoms with Crippen molar-refractivity contribution in [1.29, 1.82) is 0 Å². The topological polar surface area (TPSA) is 0 Å². The van der Waals surface area contributed by atoms with Gasteiger partial charge >= 0.3 is 0 Å². The molecule has 1 unspecified atom stereocenters. The van der Waals surface area contributed by atoms with E-state index in [1.54, 1.807) is 12.1 Å². The molecule has 0 saturated carbocycles. The van der Waals surface area contributed by atoms with Gasteiger partial charge in [0.2, 0.25) is 0 Å². The van der Waals surface area contributed by atoms with E-state index in [2.05, 4.69) is 82.3 Å². The van der Waals surface area contributed by atoms with Gasteiger partial charge in [-0.15, -0.1) is 0 Å². The van der Waals surface area contributed by atoms with Gasteiger partial charge in [0.15, 0.2) is 0 Å². The monoisotopic (exact) mass is 490 g/mol. The van der Waals surface area contributed by atoms with Crippen molar-refractivity contribution in [2.45, 2.75) is 72.6 Å². The first-order valence-corrected chi connectivity index (χ1v) is 14.0. The molecule has 0 bridgehead atoms. The van der Waals surface area contributed by atoms with Crippen molar-refractivity contribution in [2.24, 2.45) is 5.92 Å². The standard InChI is InChI=1S/C36H39F/c1-5-8-27-13-18-32-28(22-27)15-19-35-34(32)17-12-26(4)31-10-7-6-9-24(2)21-25(3)11-14-29-23-30(37)16-20-33(29)36(31)35/h11-13,15-23,26H,5-10,14H2,1-4H3. The second kappa shape index (κ2) is 11.1. The van der Waals surface area contributed by atoms with Crippen LogP contribution >= 0.6 is 0 Å². The minimum atomic E-state index is -0.162. The van der Waals surface area contributed by atoms with Crippen LogP contribution in [0.25, 0.3) is 22.4 Å². The Hall–Kier alpha value is -3.19. The molecule has 0 heterocycles. The zero-order chi connectivity index (χ0) is 25.9. The molecule has 0 fully saturated rings. The van der Waals surface area contributed by atoms with Crippen LogP contribution in [-0.4, -0.2) is 0 Å². The molecule has 190 valence electrons. The van der Waals surface area contributed by atoms with Crippen LogP contribution in [0.1, 0.15) is 87.6 Å². The molecule has 0 aromatic heterocycles. The highest BCUT2D eigenvalue weighted by molar-refractivity contribution is 6.00. The maximum absolute atomic E-state index is 14.6. The molecule has 3 aromatic carbocycles. The molecule has 37 heavy (non-hydrogen) atoms. The van der Waals surface area contributed by atoms with Crippen molar-refractivity contribution in [3.63, 3.8) is 0 Å². The highest BCUT2D eigenvalue weighted by Gasteiger charge is 2.23. The number of hydrogen-bond acceptors (Lipinski definition) is 0. The summed E-state index contributed by atoms with van der Waals surface area (Å²) >= 11 is 0. The Bertz CT molecular complexity index is 1440. The first-order chi connectivity index (χ1) is 17.9. The number of rotatable bonds is 2. The van der Waals surface area contributed by atoms with E-state index in [0.29, 0.717) is 5.92 Å². The fourth-order valence-corrected chi connectivity index (χ4v) is 6.16. The van der Waals surface area contributed by atoms with Crippen LogP contribution < -0.4 is 0 Å². The minimum Gasteiger partial charge on any atom is -0.207 e. The summed E-state index contributed by atoms with van der Waals surface area (Å²) < 4.78 is 14.6. The number of hydrogen-bond donors (Lipinski definition) is 0. The average molecular weight is 491 g/mol. The third-order valence-electron chi connectivity index (χ3n) is 8.08. The molecule has 0 N–H and O–H groups in total. The zero-order valence-corrected chi connectivity index (χ0v) is 22.8. The predicted octanol–water partition coefficient (Wildman–Crippen LogP) is 10.4. The van der Waals surface area contributed by atoms with Crippen LogP contribution in [0.2, 0.25) is 0 Å². The summed E-state index contributed by atoms with van der Waals surface area (Å²) in [5, 5.41) is 2.60. The van der Waals surface area contributed by atoms with Crippen LogP contribution in [0.3, 0.4) is 0 Å². The van der Waals surface area contributed by atoms with Crippen LogP contribution in [0.15, 0.2) is 83.5 Å². The van der Waals surface area contributed by atoms with Crippen LogP contribution in [0.4, 0.5) is 4.39 Å². The molecule has 0 nitrogen and oxygen atoms in total. The summed E-state index contributed by atoms with van der Waals surface area (Å²) in [7, 11) is 0. The second-order valence-corrected chi connectivity index (χ2v) is 11.0. The molecule has 3 aromatic rings. The Kier molecular flexibility index (Phi) is 7.60. The maximum Gasteiger partial charge on any atom is 0.123 e. The summed E-state index contributed by atoms with van der Waals surface area (Å²) in [6.07, 6.45) is 16.8. The quantitative estimate of drug-likeness (QED) is 0.335. The summed E-state index contributed by atoms with van der Waals surface area (Å²) in [5.41, 5.74) is 11.7. The van der Waals surface area contributed by atoms with Crippen molar-refractivity contribution in [1.82, 2.24) is 0 Å². The van der Waals surface area contributed by atoms with Gasteiger partial charge in [-0.05, 0) is 115 Å². The third kappa shape index (κ3) is 5.42. The molecule has 0 aliphatic heterocycles. The minimum absolute atomic E-state index is 0.162. The Labute approximate surface area is 222 Å². The van der Waals surface area contributed by atoms with E-state index in [1.807, 2.05) is 6.07 Å². The number of aryl methyl sites for hydroxylation is 1. The molecule has 2 aliphatic rings. The van der Waals surface area contributed by atoms with Gasteiger partial charge in [-0.25, -0.2) is 4.39 Å². The lowest BCUT2D eigenvalue weighted by Gasteiger charge is -2.22. The summed E-state index contributed by atoms with van der Waals surface area (Å²) in [4.78, 5) is 0. The fourth-order valence-electron chi connectivity index (χ4n) is 6.16. The van der Waals surface area contributed by atoms with E-state index in [0.717, 1.165) is 44.1 Å². The van der Waals surface area contributed by atoms with Crippen LogP contribution in [0.5, 0.6) is 0 Å². The smallest absolute Gasteiger partial charge is 0.123 e. The van der Waals surface area contributed by atoms with Gasteiger partial charge in [0.05, 0.1) is 0 Å². The van der Waals surface area contributed by atoms with Crippen molar-refractivity contribution in [2.75, 3.05) is 0 Å². The molecular weight excluding hydrogens is 451 g/mol. The van der Waals surface area contributed by atoms with E-state index in [-0.39, 0.29) is 5.82 Å². The largest absolute Gasteiger partial charge is 0.207 e. The van der Waals surface area contributed by atoms with Crippen molar-refractivity contribution >= 4 is 22.4 Å². The molecule has 0 saturated heterocycles. The molecule has 0 spiro atoms. The molecule has 0 radical (unpaired) electrons. The number of fused-ring (bicyclic) bond motifs is 6. The highest BCUT2D eigenvalue weighted by Crippen LogP contribution is 2.42. The van der Waals surface area contributed by atoms with Crippen molar-refractivity contribution in [3.8, 4) is 0 Å². The molecular formula is C36H39F. The molecule has 0 amide bonds. The SMILES string of the molecule is CCCc1ccc2c3c(ccc2c1)C1=C(CCCCC(C)=CC(C)=CCc2cc(F)ccc21)C(C)C=C3. The predicted molar refractivity (Wildman–Crippen MR) is 158 cm³/mol. The lowest BCUT2D eigenvalue weighted by molar-refractivity contribution is 0.626. The van der Waals surface area contributed by atoms with Crippen molar-refractivity contribution in [3.05, 3.63) is 117 Å². The van der Waals surface area contributed by atoms with Gasteiger partial charge in [0.1, 0.15) is 5.82 Å². The van der Waals surface area contributed by atoms with Crippen molar-refractivity contribution < 1.29 is 4.39 Å². The van der Waals surface area contributed by atoms with E-state index in [1.165, 1.54) is 61.7 Å². The van der Waals surface area contributed by atoms with Gasteiger partial charge < -0.3 is 0 Å². The molecule has 1 heteroatoms. The van der Waals surface area contributed by atoms with Gasteiger partial charge in [-0.3, -0.25) is 0 Å². The lowest BCUT2D eigenvalue weighted by atomic mass is 9.82. The first-order valence-electron chi connectivity index (χ1n) is 14.0. The van der Waals surface area contributed by atoms with Crippen LogP contribution in [-0.2, 0) is 12.8 Å². The average Bonchev–Trinajstić information content (AvgIpc) is 3.01. The maximum atomic E-state index is 14.6. The Morgan fingerprint density at radius 3 is 2.57 bits per heavy atom. The lowest BCUT2D eigenvalue weighted by Crippen LogP contribution is -2.05. The normalized spacial score (nSPS) is 18.5. The third-order valence-corrected chi connectivity index (χ3v) is 8.08. The number of benzene rings is 3. The Balaban J connectivity index is 1.76. The highest BCUT2D eigenvalue weighted by atomic mass is 19.1. The van der Waals surface area contributed by atoms with Gasteiger partial charge in [0.25, 0.3) is 0 Å². The van der Waals surface area contributed by atoms with E-state index in [9.17, 15) is 4.39 Å². The van der Waals surface area contributed by atoms with Gasteiger partial charge in [-0.1, -0.05) is 97.7 Å². The van der Waals surface area contributed by atoms with E-state index < -0.39 is 0 Å². The number of allylic oxidation sites excluding steroid dienone is 6. The summed E-state index contributed by atoms with van der Waals surface area (Å²) in [5.74, 6) is 0.165. The second-order valence-electron chi connectivity index (χ2n) is 11.0. The van der Waals surface area contributed by atoms with Gasteiger partial charge in [-0.2, -0.15) is 0 Å². The summed E-state index contributed by atoms with van der Waals surface area (Å²) in [6, 6.07) is 17.0. The Morgan fingerprint density at radius 2 is 1.73 bits per heavy atom. The van der Waals surface area contributed by atoms with Crippen LogP contribution in [0, 0.1) is 11.7 Å². The first kappa shape index (κ1) is 25.5. The number of halogens is 1.